The molecule has 9 nitrogen and oxygen atoms in total. The number of rotatable bonds is 8. The molecule has 0 bridgehead atoms. The number of halogens is 3. The number of fused-ring (bicyclic) bond motifs is 1. The second-order valence-corrected chi connectivity index (χ2v) is 10.0. The number of nitrogens with zero attached hydrogens (tertiary/aromatic N) is 5. The van der Waals surface area contributed by atoms with Crippen molar-refractivity contribution in [2.75, 3.05) is 5.75 Å². The molecule has 0 aliphatic heterocycles. The van der Waals surface area contributed by atoms with Gasteiger partial charge in [0.15, 0.2) is 11.5 Å². The molecule has 0 radical (unpaired) electrons. The number of aromatic nitrogens is 6. The van der Waals surface area contributed by atoms with Gasteiger partial charge in [0.25, 0.3) is 0 Å². The van der Waals surface area contributed by atoms with E-state index in [-0.39, 0.29) is 11.6 Å². The standard InChI is InChI=1S/C21H20F3N7O2S/c22-21(23,24)17(6-8-34(32,33)30-15-2-3-15)13-1-4-18(26-9-13)31-11-14(10-29-31)16-5-7-25-20-19(16)27-12-28-20/h1,4-5,7,9-12,15,17,30H,2-3,6,8H2,(H,25,27,28). The molecule has 4 heterocycles. The highest BCUT2D eigenvalue weighted by atomic mass is 32.2. The fraction of sp³-hybridized carbons (Fsp3) is 0.333. The van der Waals surface area contributed by atoms with Gasteiger partial charge in [0.05, 0.1) is 24.2 Å². The minimum Gasteiger partial charge on any atom is -0.329 e. The molecule has 13 heteroatoms. The summed E-state index contributed by atoms with van der Waals surface area (Å²) in [5.41, 5.74) is 2.74. The summed E-state index contributed by atoms with van der Waals surface area (Å²) in [7, 11) is -3.76. The Balaban J connectivity index is 1.35. The minimum absolute atomic E-state index is 0.0994. The van der Waals surface area contributed by atoms with Crippen molar-refractivity contribution in [3.05, 3.63) is 54.9 Å². The van der Waals surface area contributed by atoms with Crippen LogP contribution in [-0.2, 0) is 10.0 Å². The first-order chi connectivity index (χ1) is 16.2. The normalized spacial score (nSPS) is 15.6. The third-order valence-corrected chi connectivity index (χ3v) is 7.08. The van der Waals surface area contributed by atoms with Gasteiger partial charge in [-0.3, -0.25) is 0 Å². The van der Waals surface area contributed by atoms with Gasteiger partial charge >= 0.3 is 6.18 Å². The van der Waals surface area contributed by atoms with E-state index in [0.717, 1.165) is 30.2 Å². The van der Waals surface area contributed by atoms with Gasteiger partial charge in [-0.2, -0.15) is 18.3 Å². The Hall–Kier alpha value is -3.32. The first-order valence-corrected chi connectivity index (χ1v) is 12.2. The number of nitrogens with one attached hydrogen (secondary N) is 2. The zero-order valence-electron chi connectivity index (χ0n) is 17.7. The van der Waals surface area contributed by atoms with Gasteiger partial charge in [0.1, 0.15) is 5.52 Å². The summed E-state index contributed by atoms with van der Waals surface area (Å²) in [5.74, 6) is -2.22. The molecule has 34 heavy (non-hydrogen) atoms. The Labute approximate surface area is 192 Å². The maximum Gasteiger partial charge on any atom is 0.395 e. The molecule has 178 valence electrons. The van der Waals surface area contributed by atoms with Crippen molar-refractivity contribution >= 4 is 21.2 Å². The lowest BCUT2D eigenvalue weighted by Gasteiger charge is -2.20. The number of hydrogen-bond donors (Lipinski definition) is 2. The zero-order valence-corrected chi connectivity index (χ0v) is 18.5. The first-order valence-electron chi connectivity index (χ1n) is 10.6. The van der Waals surface area contributed by atoms with Crippen molar-refractivity contribution in [1.82, 2.24) is 34.4 Å². The van der Waals surface area contributed by atoms with Crippen LogP contribution in [0.3, 0.4) is 0 Å². The van der Waals surface area contributed by atoms with Gasteiger partial charge in [-0.25, -0.2) is 32.8 Å². The highest BCUT2D eigenvalue weighted by molar-refractivity contribution is 7.89. The number of imidazole rings is 1. The molecule has 0 amide bonds. The van der Waals surface area contributed by atoms with E-state index in [0.29, 0.717) is 17.0 Å². The summed E-state index contributed by atoms with van der Waals surface area (Å²) in [6.07, 6.45) is 3.85. The summed E-state index contributed by atoms with van der Waals surface area (Å²) >= 11 is 0. The molecule has 0 saturated heterocycles. The zero-order chi connectivity index (χ0) is 23.9. The summed E-state index contributed by atoms with van der Waals surface area (Å²) in [4.78, 5) is 15.5. The Bertz CT molecular complexity index is 1410. The average Bonchev–Trinajstić information content (AvgIpc) is 3.25. The van der Waals surface area contributed by atoms with Gasteiger partial charge in [-0.15, -0.1) is 0 Å². The molecule has 4 aromatic rings. The van der Waals surface area contributed by atoms with Crippen molar-refractivity contribution in [3.8, 4) is 16.9 Å². The van der Waals surface area contributed by atoms with E-state index < -0.39 is 34.3 Å². The molecular weight excluding hydrogens is 471 g/mol. The highest BCUT2D eigenvalue weighted by Crippen LogP contribution is 2.38. The lowest BCUT2D eigenvalue weighted by Crippen LogP contribution is -2.31. The van der Waals surface area contributed by atoms with Crippen molar-refractivity contribution in [1.29, 1.82) is 0 Å². The van der Waals surface area contributed by atoms with Crippen LogP contribution in [0.2, 0.25) is 0 Å². The molecule has 2 N–H and O–H groups in total. The topological polar surface area (TPSA) is 118 Å². The lowest BCUT2D eigenvalue weighted by atomic mass is 9.97. The molecule has 1 unspecified atom stereocenters. The smallest absolute Gasteiger partial charge is 0.329 e. The van der Waals surface area contributed by atoms with Crippen molar-refractivity contribution in [2.45, 2.75) is 37.4 Å². The average molecular weight is 491 g/mol. The van der Waals surface area contributed by atoms with E-state index in [2.05, 4.69) is 29.8 Å². The molecule has 1 atom stereocenters. The molecular formula is C21H20F3N7O2S. The van der Waals surface area contributed by atoms with Gasteiger partial charge in [0.2, 0.25) is 10.0 Å². The van der Waals surface area contributed by atoms with Crippen LogP contribution in [0.25, 0.3) is 28.1 Å². The summed E-state index contributed by atoms with van der Waals surface area (Å²) < 4.78 is 69.1. The predicted molar refractivity (Wildman–Crippen MR) is 118 cm³/mol. The van der Waals surface area contributed by atoms with Crippen molar-refractivity contribution in [3.63, 3.8) is 0 Å². The van der Waals surface area contributed by atoms with E-state index in [4.69, 9.17) is 0 Å². The van der Waals surface area contributed by atoms with Crippen LogP contribution in [0, 0.1) is 0 Å². The molecule has 1 saturated carbocycles. The van der Waals surface area contributed by atoms with Gasteiger partial charge in [0, 0.05) is 35.8 Å². The summed E-state index contributed by atoms with van der Waals surface area (Å²) in [6.45, 7) is 0. The molecule has 5 rings (SSSR count). The minimum atomic E-state index is -4.60. The summed E-state index contributed by atoms with van der Waals surface area (Å²) in [6, 6.07) is 4.38. The second kappa shape index (κ2) is 8.47. The van der Waals surface area contributed by atoms with Crippen LogP contribution in [-0.4, -0.2) is 56.1 Å². The van der Waals surface area contributed by atoms with Gasteiger partial charge in [-0.05, 0) is 37.0 Å². The van der Waals surface area contributed by atoms with Crippen LogP contribution in [0.5, 0.6) is 0 Å². The summed E-state index contributed by atoms with van der Waals surface area (Å²) in [5, 5.41) is 4.27. The Kier molecular flexibility index (Phi) is 5.60. The maximum atomic E-state index is 13.7. The number of sulfonamides is 1. The molecule has 0 aromatic carbocycles. The van der Waals surface area contributed by atoms with Crippen LogP contribution >= 0.6 is 0 Å². The van der Waals surface area contributed by atoms with Gasteiger partial charge in [-0.1, -0.05) is 6.07 Å². The number of alkyl halides is 3. The van der Waals surface area contributed by atoms with Crippen molar-refractivity contribution < 1.29 is 21.6 Å². The molecule has 1 aliphatic carbocycles. The Morgan fingerprint density at radius 2 is 1.97 bits per heavy atom. The number of hydrogen-bond acceptors (Lipinski definition) is 6. The predicted octanol–water partition coefficient (Wildman–Crippen LogP) is 3.32. The van der Waals surface area contributed by atoms with E-state index in [9.17, 15) is 21.6 Å². The lowest BCUT2D eigenvalue weighted by molar-refractivity contribution is -0.150. The molecule has 4 aromatic heterocycles. The van der Waals surface area contributed by atoms with E-state index in [1.54, 1.807) is 24.7 Å². The van der Waals surface area contributed by atoms with Crippen molar-refractivity contribution in [2.24, 2.45) is 0 Å². The number of pyridine rings is 2. The molecule has 1 aliphatic rings. The van der Waals surface area contributed by atoms with Crippen LogP contribution in [0.1, 0.15) is 30.7 Å². The highest BCUT2D eigenvalue weighted by Gasteiger charge is 2.41. The van der Waals surface area contributed by atoms with Gasteiger partial charge < -0.3 is 4.98 Å². The largest absolute Gasteiger partial charge is 0.395 e. The first kappa shape index (κ1) is 22.5. The fourth-order valence-corrected chi connectivity index (χ4v) is 5.12. The monoisotopic (exact) mass is 491 g/mol. The fourth-order valence-electron chi connectivity index (χ4n) is 3.71. The van der Waals surface area contributed by atoms with Crippen LogP contribution in [0.4, 0.5) is 13.2 Å². The Morgan fingerprint density at radius 3 is 2.68 bits per heavy atom. The van der Waals surface area contributed by atoms with E-state index in [1.165, 1.54) is 23.1 Å². The Morgan fingerprint density at radius 1 is 1.15 bits per heavy atom. The van der Waals surface area contributed by atoms with Crippen LogP contribution in [0.15, 0.2) is 49.3 Å². The third kappa shape index (κ3) is 4.80. The van der Waals surface area contributed by atoms with E-state index >= 15 is 0 Å². The maximum absolute atomic E-state index is 13.7. The SMILES string of the molecule is O=S(=O)(CCC(c1ccc(-n2cc(-c3ccnc4[nH]cnc34)cn2)nc1)C(F)(F)F)NC1CC1. The van der Waals surface area contributed by atoms with Crippen LogP contribution < -0.4 is 4.72 Å². The quantitative estimate of drug-likeness (QED) is 0.390. The number of aromatic amines is 1. The molecule has 1 fully saturated rings. The molecule has 0 spiro atoms. The van der Waals surface area contributed by atoms with E-state index in [1.807, 2.05) is 0 Å². The number of H-pyrrole nitrogens is 1. The third-order valence-electron chi connectivity index (χ3n) is 5.61. The second-order valence-electron chi connectivity index (χ2n) is 8.18.